The van der Waals surface area contributed by atoms with Gasteiger partial charge in [0, 0.05) is 20.1 Å². The molecule has 7 heteroatoms. The number of nitrogens with zero attached hydrogens (tertiary/aromatic N) is 2. The molecule has 2 amide bonds. The second-order valence-corrected chi connectivity index (χ2v) is 6.58. The number of likely N-dealkylation sites (N-methyl/N-ethyl adjacent to an activating group) is 2. The molecule has 128 valence electrons. The molecule has 0 saturated carbocycles. The fourth-order valence-corrected chi connectivity index (χ4v) is 3.15. The summed E-state index contributed by atoms with van der Waals surface area (Å²) in [5.41, 5.74) is 0.787. The van der Waals surface area contributed by atoms with Crippen LogP contribution in [0.15, 0.2) is 18.2 Å². The second-order valence-electron chi connectivity index (χ2n) is 6.17. The van der Waals surface area contributed by atoms with E-state index in [-0.39, 0.29) is 29.7 Å². The first kappa shape index (κ1) is 18.0. The molecule has 0 bridgehead atoms. The summed E-state index contributed by atoms with van der Waals surface area (Å²) < 4.78 is 13.7. The third-order valence-electron chi connectivity index (χ3n) is 4.13. The lowest BCUT2D eigenvalue weighted by Crippen LogP contribution is -2.46. The third kappa shape index (κ3) is 4.34. The minimum absolute atomic E-state index is 0.0895. The number of hydrogen-bond acceptors (Lipinski definition) is 3. The van der Waals surface area contributed by atoms with Gasteiger partial charge in [-0.3, -0.25) is 4.90 Å². The molecule has 0 spiro atoms. The highest BCUT2D eigenvalue weighted by molar-refractivity contribution is 6.30. The minimum atomic E-state index is -0.585. The summed E-state index contributed by atoms with van der Waals surface area (Å²) in [6.45, 7) is 2.70. The SMILES string of the molecule is CC(O)CN(C)C(=O)NC1CCN(C)C1c1ccc(Cl)c(F)c1. The zero-order valence-corrected chi connectivity index (χ0v) is 14.3. The van der Waals surface area contributed by atoms with Crippen LogP contribution in [0.2, 0.25) is 5.02 Å². The van der Waals surface area contributed by atoms with E-state index >= 15 is 0 Å². The van der Waals surface area contributed by atoms with Gasteiger partial charge in [-0.1, -0.05) is 17.7 Å². The Hall–Kier alpha value is -1.37. The summed E-state index contributed by atoms with van der Waals surface area (Å²) in [5, 5.41) is 12.4. The van der Waals surface area contributed by atoms with Gasteiger partial charge in [0.2, 0.25) is 0 Å². The van der Waals surface area contributed by atoms with Crippen LogP contribution in [0.3, 0.4) is 0 Å². The second kappa shape index (κ2) is 7.47. The van der Waals surface area contributed by atoms with E-state index in [1.165, 1.54) is 17.0 Å². The largest absolute Gasteiger partial charge is 0.392 e. The molecule has 1 aromatic carbocycles. The van der Waals surface area contributed by atoms with Crippen molar-refractivity contribution in [2.45, 2.75) is 31.5 Å². The number of amides is 2. The molecule has 1 heterocycles. The number of aliphatic hydroxyl groups is 1. The van der Waals surface area contributed by atoms with E-state index in [9.17, 15) is 14.3 Å². The van der Waals surface area contributed by atoms with Gasteiger partial charge < -0.3 is 15.3 Å². The number of nitrogens with one attached hydrogen (secondary N) is 1. The van der Waals surface area contributed by atoms with Crippen LogP contribution in [0.4, 0.5) is 9.18 Å². The van der Waals surface area contributed by atoms with E-state index in [4.69, 9.17) is 11.6 Å². The van der Waals surface area contributed by atoms with E-state index in [0.717, 1.165) is 18.5 Å². The van der Waals surface area contributed by atoms with Crippen LogP contribution in [0, 0.1) is 5.82 Å². The number of rotatable bonds is 4. The number of urea groups is 1. The highest BCUT2D eigenvalue weighted by Crippen LogP contribution is 2.32. The van der Waals surface area contributed by atoms with Crippen LogP contribution in [-0.2, 0) is 0 Å². The zero-order chi connectivity index (χ0) is 17.1. The standard InChI is InChI=1S/C16H23ClFN3O2/c1-10(22)9-21(3)16(23)19-14-6-7-20(2)15(14)11-4-5-12(17)13(18)8-11/h4-5,8,10,14-15,22H,6-7,9H2,1-3H3,(H,19,23). The highest BCUT2D eigenvalue weighted by Gasteiger charge is 2.35. The monoisotopic (exact) mass is 343 g/mol. The molecule has 1 fully saturated rings. The van der Waals surface area contributed by atoms with Crippen LogP contribution >= 0.6 is 11.6 Å². The van der Waals surface area contributed by atoms with Crippen LogP contribution in [-0.4, -0.2) is 60.3 Å². The quantitative estimate of drug-likeness (QED) is 0.881. The van der Waals surface area contributed by atoms with Crippen molar-refractivity contribution >= 4 is 17.6 Å². The lowest BCUT2D eigenvalue weighted by atomic mass is 10.00. The summed E-state index contributed by atoms with van der Waals surface area (Å²) in [7, 11) is 3.58. The lowest BCUT2D eigenvalue weighted by Gasteiger charge is -2.28. The molecule has 3 unspecified atom stereocenters. The van der Waals surface area contributed by atoms with Crippen molar-refractivity contribution < 1.29 is 14.3 Å². The summed E-state index contributed by atoms with van der Waals surface area (Å²) in [6, 6.07) is 4.28. The van der Waals surface area contributed by atoms with Gasteiger partial charge in [0.05, 0.1) is 23.2 Å². The summed E-state index contributed by atoms with van der Waals surface area (Å²) in [6.07, 6.45) is 0.192. The van der Waals surface area contributed by atoms with Gasteiger partial charge in [-0.25, -0.2) is 9.18 Å². The van der Waals surface area contributed by atoms with E-state index in [1.54, 1.807) is 20.0 Å². The Kier molecular flexibility index (Phi) is 5.84. The molecule has 1 aliphatic rings. The van der Waals surface area contributed by atoms with Gasteiger partial charge in [-0.2, -0.15) is 0 Å². The first-order valence-corrected chi connectivity index (χ1v) is 8.02. The van der Waals surface area contributed by atoms with E-state index < -0.39 is 11.9 Å². The summed E-state index contributed by atoms with van der Waals surface area (Å²) >= 11 is 5.75. The van der Waals surface area contributed by atoms with E-state index in [0.29, 0.717) is 0 Å². The molecule has 1 saturated heterocycles. The van der Waals surface area contributed by atoms with Crippen molar-refractivity contribution in [3.8, 4) is 0 Å². The van der Waals surface area contributed by atoms with Gasteiger partial charge in [0.15, 0.2) is 0 Å². The molecule has 0 radical (unpaired) electrons. The Morgan fingerprint density at radius 2 is 2.30 bits per heavy atom. The molecule has 3 atom stereocenters. The van der Waals surface area contributed by atoms with Gasteiger partial charge in [-0.15, -0.1) is 0 Å². The van der Waals surface area contributed by atoms with Crippen LogP contribution in [0.25, 0.3) is 0 Å². The Morgan fingerprint density at radius 1 is 1.61 bits per heavy atom. The molecule has 5 nitrogen and oxygen atoms in total. The number of carbonyl (C=O) groups is 1. The molecule has 2 rings (SSSR count). The van der Waals surface area contributed by atoms with Gasteiger partial charge in [0.1, 0.15) is 5.82 Å². The minimum Gasteiger partial charge on any atom is -0.392 e. The number of aliphatic hydroxyl groups excluding tert-OH is 1. The fraction of sp³-hybridized carbons (Fsp3) is 0.562. The maximum atomic E-state index is 13.7. The lowest BCUT2D eigenvalue weighted by molar-refractivity contribution is 0.141. The number of carbonyl (C=O) groups excluding carboxylic acids is 1. The normalized spacial score (nSPS) is 22.9. The average Bonchev–Trinajstić information content (AvgIpc) is 2.82. The van der Waals surface area contributed by atoms with E-state index in [1.807, 2.05) is 7.05 Å². The van der Waals surface area contributed by atoms with Crippen molar-refractivity contribution in [1.29, 1.82) is 0 Å². The Labute approximate surface area is 141 Å². The predicted molar refractivity (Wildman–Crippen MR) is 88.0 cm³/mol. The third-order valence-corrected chi connectivity index (χ3v) is 4.43. The van der Waals surface area contributed by atoms with Gasteiger partial charge in [-0.05, 0) is 38.1 Å². The first-order chi connectivity index (χ1) is 10.8. The smallest absolute Gasteiger partial charge is 0.317 e. The number of benzene rings is 1. The average molecular weight is 344 g/mol. The molecule has 1 aromatic rings. The Morgan fingerprint density at radius 3 is 2.91 bits per heavy atom. The topological polar surface area (TPSA) is 55.8 Å². The molecule has 0 aliphatic carbocycles. The zero-order valence-electron chi connectivity index (χ0n) is 13.6. The van der Waals surface area contributed by atoms with Gasteiger partial charge in [0.25, 0.3) is 0 Å². The molecule has 2 N–H and O–H groups in total. The Balaban J connectivity index is 2.11. The number of halogens is 2. The molecule has 0 aromatic heterocycles. The fourth-order valence-electron chi connectivity index (χ4n) is 3.03. The van der Waals surface area contributed by atoms with Crippen molar-refractivity contribution in [2.75, 3.05) is 27.2 Å². The first-order valence-electron chi connectivity index (χ1n) is 7.64. The van der Waals surface area contributed by atoms with Crippen LogP contribution < -0.4 is 5.32 Å². The summed E-state index contributed by atoms with van der Waals surface area (Å²) in [4.78, 5) is 15.8. The van der Waals surface area contributed by atoms with Crippen molar-refractivity contribution in [1.82, 2.24) is 15.1 Å². The molecular formula is C16H23ClFN3O2. The van der Waals surface area contributed by atoms with Gasteiger partial charge >= 0.3 is 6.03 Å². The van der Waals surface area contributed by atoms with Crippen molar-refractivity contribution in [2.24, 2.45) is 0 Å². The molecule has 1 aliphatic heterocycles. The summed E-state index contributed by atoms with van der Waals surface area (Å²) in [5.74, 6) is -0.458. The number of hydrogen-bond donors (Lipinski definition) is 2. The maximum Gasteiger partial charge on any atom is 0.317 e. The Bertz CT molecular complexity index is 570. The maximum absolute atomic E-state index is 13.7. The molecular weight excluding hydrogens is 321 g/mol. The predicted octanol–water partition coefficient (Wildman–Crippen LogP) is 2.25. The molecule has 23 heavy (non-hydrogen) atoms. The van der Waals surface area contributed by atoms with E-state index in [2.05, 4.69) is 10.2 Å². The van der Waals surface area contributed by atoms with Crippen LogP contribution in [0.5, 0.6) is 0 Å². The van der Waals surface area contributed by atoms with Crippen molar-refractivity contribution in [3.63, 3.8) is 0 Å². The number of likely N-dealkylation sites (tertiary alicyclic amines) is 1. The highest BCUT2D eigenvalue weighted by atomic mass is 35.5. The van der Waals surface area contributed by atoms with Crippen molar-refractivity contribution in [3.05, 3.63) is 34.6 Å². The van der Waals surface area contributed by atoms with Crippen LogP contribution in [0.1, 0.15) is 24.9 Å².